The zero-order chi connectivity index (χ0) is 15.6. The average molecular weight is 376 g/mol. The Bertz CT molecular complexity index is 648. The number of amides is 1. The molecule has 1 fully saturated rings. The lowest BCUT2D eigenvalue weighted by Crippen LogP contribution is -2.49. The standard InChI is InChI=1S/C13H18BrN3O3S/c1-21(19,20)16-9-4-3-7-17(8-9)13(18)10-5-2-6-11(15)12(10)14/h2,5-6,9,16H,3-4,7-8,15H2,1H3. The van der Waals surface area contributed by atoms with Gasteiger partial charge in [-0.25, -0.2) is 13.1 Å². The molecule has 1 amide bonds. The minimum atomic E-state index is -3.27. The van der Waals surface area contributed by atoms with Crippen LogP contribution in [0.15, 0.2) is 22.7 Å². The van der Waals surface area contributed by atoms with Gasteiger partial charge in [0.25, 0.3) is 5.91 Å². The first kappa shape index (κ1) is 16.3. The molecule has 2 rings (SSSR count). The van der Waals surface area contributed by atoms with Gasteiger partial charge in [-0.05, 0) is 40.9 Å². The van der Waals surface area contributed by atoms with Gasteiger partial charge in [-0.2, -0.15) is 0 Å². The van der Waals surface area contributed by atoms with E-state index in [1.54, 1.807) is 23.1 Å². The third-order valence-corrected chi connectivity index (χ3v) is 4.99. The van der Waals surface area contributed by atoms with Gasteiger partial charge in [0.15, 0.2) is 0 Å². The molecule has 1 aromatic carbocycles. The number of carbonyl (C=O) groups is 1. The number of carbonyl (C=O) groups excluding carboxylic acids is 1. The Balaban J connectivity index is 2.14. The minimum absolute atomic E-state index is 0.144. The zero-order valence-corrected chi connectivity index (χ0v) is 14.1. The van der Waals surface area contributed by atoms with Crippen molar-refractivity contribution in [3.05, 3.63) is 28.2 Å². The van der Waals surface area contributed by atoms with E-state index in [4.69, 9.17) is 5.73 Å². The quantitative estimate of drug-likeness (QED) is 0.775. The van der Waals surface area contributed by atoms with Gasteiger partial charge in [-0.3, -0.25) is 4.79 Å². The largest absolute Gasteiger partial charge is 0.398 e. The highest BCUT2D eigenvalue weighted by molar-refractivity contribution is 9.10. The van der Waals surface area contributed by atoms with Gasteiger partial charge >= 0.3 is 0 Å². The number of sulfonamides is 1. The summed E-state index contributed by atoms with van der Waals surface area (Å²) in [6.07, 6.45) is 2.62. The third kappa shape index (κ3) is 4.18. The molecule has 0 aromatic heterocycles. The first-order chi connectivity index (χ1) is 9.78. The van der Waals surface area contributed by atoms with E-state index < -0.39 is 10.0 Å². The number of nitrogens with zero attached hydrogens (tertiary/aromatic N) is 1. The van der Waals surface area contributed by atoms with E-state index in [-0.39, 0.29) is 11.9 Å². The number of hydrogen-bond donors (Lipinski definition) is 2. The maximum absolute atomic E-state index is 12.5. The lowest BCUT2D eigenvalue weighted by Gasteiger charge is -2.33. The minimum Gasteiger partial charge on any atom is -0.398 e. The van der Waals surface area contributed by atoms with Crippen molar-refractivity contribution in [1.29, 1.82) is 0 Å². The van der Waals surface area contributed by atoms with Crippen LogP contribution in [-0.4, -0.2) is 44.6 Å². The Kier molecular flexibility index (Phi) is 4.90. The molecule has 116 valence electrons. The van der Waals surface area contributed by atoms with Crippen LogP contribution in [0, 0.1) is 0 Å². The smallest absolute Gasteiger partial charge is 0.255 e. The first-order valence-electron chi connectivity index (χ1n) is 6.58. The Labute approximate surface area is 132 Å². The van der Waals surface area contributed by atoms with E-state index in [1.807, 2.05) is 0 Å². The van der Waals surface area contributed by atoms with Crippen molar-refractivity contribution in [1.82, 2.24) is 9.62 Å². The van der Waals surface area contributed by atoms with Crippen LogP contribution < -0.4 is 10.5 Å². The lowest BCUT2D eigenvalue weighted by molar-refractivity contribution is 0.0702. The normalized spacial score (nSPS) is 19.5. The summed E-state index contributed by atoms with van der Waals surface area (Å²) in [5.74, 6) is -0.144. The highest BCUT2D eigenvalue weighted by atomic mass is 79.9. The summed E-state index contributed by atoms with van der Waals surface area (Å²) in [7, 11) is -3.27. The molecule has 1 saturated heterocycles. The number of benzene rings is 1. The maximum Gasteiger partial charge on any atom is 0.255 e. The molecule has 1 aliphatic heterocycles. The molecule has 21 heavy (non-hydrogen) atoms. The van der Waals surface area contributed by atoms with Crippen molar-refractivity contribution >= 4 is 37.5 Å². The van der Waals surface area contributed by atoms with Crippen molar-refractivity contribution in [2.45, 2.75) is 18.9 Å². The lowest BCUT2D eigenvalue weighted by atomic mass is 10.1. The topological polar surface area (TPSA) is 92.5 Å². The number of halogens is 1. The van der Waals surface area contributed by atoms with Gasteiger partial charge in [0.1, 0.15) is 0 Å². The van der Waals surface area contributed by atoms with Gasteiger partial charge in [-0.15, -0.1) is 0 Å². The zero-order valence-electron chi connectivity index (χ0n) is 11.7. The fourth-order valence-electron chi connectivity index (χ4n) is 2.45. The highest BCUT2D eigenvalue weighted by Gasteiger charge is 2.27. The van der Waals surface area contributed by atoms with Crippen molar-refractivity contribution < 1.29 is 13.2 Å². The van der Waals surface area contributed by atoms with Crippen molar-refractivity contribution in [3.63, 3.8) is 0 Å². The predicted molar refractivity (Wildman–Crippen MR) is 85.5 cm³/mol. The van der Waals surface area contributed by atoms with E-state index in [0.717, 1.165) is 19.1 Å². The first-order valence-corrected chi connectivity index (χ1v) is 9.27. The van der Waals surface area contributed by atoms with Crippen molar-refractivity contribution in [2.24, 2.45) is 0 Å². The summed E-state index contributed by atoms with van der Waals surface area (Å²) < 4.78 is 25.8. The molecule has 0 radical (unpaired) electrons. The van der Waals surface area contributed by atoms with E-state index in [2.05, 4.69) is 20.7 Å². The van der Waals surface area contributed by atoms with Gasteiger partial charge in [0, 0.05) is 24.8 Å². The van der Waals surface area contributed by atoms with E-state index in [9.17, 15) is 13.2 Å². The molecule has 6 nitrogen and oxygen atoms in total. The second kappa shape index (κ2) is 6.33. The Hall–Kier alpha value is -1.12. The molecular formula is C13H18BrN3O3S. The van der Waals surface area contributed by atoms with Crippen LogP contribution in [0.4, 0.5) is 5.69 Å². The fourth-order valence-corrected chi connectivity index (χ4v) is 3.68. The van der Waals surface area contributed by atoms with Gasteiger partial charge in [0.2, 0.25) is 10.0 Å². The average Bonchev–Trinajstić information content (AvgIpc) is 2.39. The molecule has 0 spiro atoms. The van der Waals surface area contributed by atoms with Crippen molar-refractivity contribution in [2.75, 3.05) is 25.1 Å². The SMILES string of the molecule is CS(=O)(=O)NC1CCCN(C(=O)c2cccc(N)c2Br)C1. The molecule has 1 atom stereocenters. The highest BCUT2D eigenvalue weighted by Crippen LogP contribution is 2.26. The number of rotatable bonds is 3. The summed E-state index contributed by atoms with van der Waals surface area (Å²) in [6, 6.07) is 4.91. The molecule has 3 N–H and O–H groups in total. The molecule has 1 aromatic rings. The molecule has 8 heteroatoms. The second-order valence-corrected chi connectivity index (χ2v) is 7.76. The molecule has 0 bridgehead atoms. The molecule has 1 aliphatic rings. The van der Waals surface area contributed by atoms with Crippen molar-refractivity contribution in [3.8, 4) is 0 Å². The summed E-state index contributed by atoms with van der Waals surface area (Å²) in [4.78, 5) is 14.2. The number of anilines is 1. The van der Waals surface area contributed by atoms with Crippen LogP contribution >= 0.6 is 15.9 Å². The molecular weight excluding hydrogens is 358 g/mol. The number of hydrogen-bond acceptors (Lipinski definition) is 4. The van der Waals surface area contributed by atoms with Crippen LogP contribution in [-0.2, 0) is 10.0 Å². The maximum atomic E-state index is 12.5. The van der Waals surface area contributed by atoms with Gasteiger partial charge in [-0.1, -0.05) is 6.07 Å². The van der Waals surface area contributed by atoms with Crippen LogP contribution in [0.2, 0.25) is 0 Å². The Morgan fingerprint density at radius 2 is 2.19 bits per heavy atom. The summed E-state index contributed by atoms with van der Waals surface area (Å²) in [6.45, 7) is 0.981. The number of likely N-dealkylation sites (tertiary alicyclic amines) is 1. The summed E-state index contributed by atoms with van der Waals surface area (Å²) in [5.41, 5.74) is 6.79. The molecule has 1 heterocycles. The third-order valence-electron chi connectivity index (χ3n) is 3.35. The van der Waals surface area contributed by atoms with Crippen LogP contribution in [0.3, 0.4) is 0 Å². The molecule has 0 aliphatic carbocycles. The van der Waals surface area contributed by atoms with Gasteiger partial charge in [0.05, 0.1) is 16.3 Å². The Morgan fingerprint density at radius 1 is 1.48 bits per heavy atom. The van der Waals surface area contributed by atoms with E-state index in [1.165, 1.54) is 0 Å². The number of nitrogens with one attached hydrogen (secondary N) is 1. The molecule has 0 saturated carbocycles. The van der Waals surface area contributed by atoms with Crippen LogP contribution in [0.5, 0.6) is 0 Å². The van der Waals surface area contributed by atoms with E-state index in [0.29, 0.717) is 28.8 Å². The Morgan fingerprint density at radius 3 is 2.86 bits per heavy atom. The van der Waals surface area contributed by atoms with Gasteiger partial charge < -0.3 is 10.6 Å². The summed E-state index contributed by atoms with van der Waals surface area (Å²) >= 11 is 3.33. The molecule has 1 unspecified atom stereocenters. The number of nitrogens with two attached hydrogens (primary N) is 1. The van der Waals surface area contributed by atoms with Crippen LogP contribution in [0.1, 0.15) is 23.2 Å². The summed E-state index contributed by atoms with van der Waals surface area (Å²) in [5, 5.41) is 0. The fraction of sp³-hybridized carbons (Fsp3) is 0.462. The predicted octanol–water partition coefficient (Wildman–Crippen LogP) is 1.19. The van der Waals surface area contributed by atoms with E-state index >= 15 is 0 Å². The number of nitrogen functional groups attached to an aromatic ring is 1. The monoisotopic (exact) mass is 375 g/mol. The number of piperidine rings is 1. The van der Waals surface area contributed by atoms with Crippen LogP contribution in [0.25, 0.3) is 0 Å². The second-order valence-electron chi connectivity index (χ2n) is 5.19.